The molecule has 4 aromatic rings. The third-order valence-corrected chi connectivity index (χ3v) is 5.49. The maximum absolute atomic E-state index is 12.3. The molecule has 4 rings (SSSR count). The van der Waals surface area contributed by atoms with Crippen LogP contribution < -0.4 is 21.1 Å². The quantitative estimate of drug-likeness (QED) is 0.261. The number of benzene rings is 2. The molecular formula is C22H20N6O3S. The molecule has 32 heavy (non-hydrogen) atoms. The van der Waals surface area contributed by atoms with Crippen LogP contribution in [0.25, 0.3) is 21.3 Å². The van der Waals surface area contributed by atoms with E-state index in [1.54, 1.807) is 30.6 Å². The Labute approximate surface area is 187 Å². The van der Waals surface area contributed by atoms with Gasteiger partial charge in [-0.05, 0) is 36.8 Å². The Morgan fingerprint density at radius 1 is 1.12 bits per heavy atom. The normalized spacial score (nSPS) is 9.94. The number of para-hydroxylation sites is 2. The molecule has 162 valence electrons. The smallest absolute Gasteiger partial charge is 0.323 e. The van der Waals surface area contributed by atoms with Crippen molar-refractivity contribution in [1.29, 1.82) is 5.41 Å². The van der Waals surface area contributed by atoms with Crippen molar-refractivity contribution < 1.29 is 14.3 Å². The number of fused-ring (bicyclic) bond motifs is 1. The Hall–Kier alpha value is -4.27. The number of nitrogens with one attached hydrogen (secondary N) is 3. The van der Waals surface area contributed by atoms with Crippen molar-refractivity contribution in [2.45, 2.75) is 6.92 Å². The molecule has 2 heterocycles. The number of ether oxygens (including phenoxy) is 1. The number of hydrogen-bond acceptors (Lipinski definition) is 8. The summed E-state index contributed by atoms with van der Waals surface area (Å²) in [5.74, 6) is 1.06. The summed E-state index contributed by atoms with van der Waals surface area (Å²) >= 11 is 1.58. The van der Waals surface area contributed by atoms with Gasteiger partial charge in [0.1, 0.15) is 22.7 Å². The summed E-state index contributed by atoms with van der Waals surface area (Å²) < 4.78 is 5.25. The molecule has 0 saturated heterocycles. The lowest BCUT2D eigenvalue weighted by Gasteiger charge is -2.11. The molecule has 0 aliphatic rings. The SMILES string of the molecule is COc1ccccc1NC(=O)Nc1ccc(-c2c(C)sc3ncnc(N)c23)cc1.N=C=O. The van der Waals surface area contributed by atoms with E-state index in [-0.39, 0.29) is 6.03 Å². The summed E-state index contributed by atoms with van der Waals surface area (Å²) in [5.41, 5.74) is 9.36. The number of amides is 2. The van der Waals surface area contributed by atoms with E-state index in [2.05, 4.69) is 20.6 Å². The number of carbonyl (C=O) groups is 1. The Morgan fingerprint density at radius 2 is 1.81 bits per heavy atom. The van der Waals surface area contributed by atoms with Crippen LogP contribution in [-0.4, -0.2) is 29.2 Å². The molecular weight excluding hydrogens is 428 g/mol. The van der Waals surface area contributed by atoms with Crippen molar-refractivity contribution in [1.82, 2.24) is 9.97 Å². The fourth-order valence-corrected chi connectivity index (χ4v) is 4.19. The van der Waals surface area contributed by atoms with Gasteiger partial charge in [-0.2, -0.15) is 0 Å². The van der Waals surface area contributed by atoms with Crippen LogP contribution in [0.15, 0.2) is 54.9 Å². The Morgan fingerprint density at radius 3 is 2.50 bits per heavy atom. The van der Waals surface area contributed by atoms with E-state index in [0.717, 1.165) is 32.3 Å². The van der Waals surface area contributed by atoms with Crippen molar-refractivity contribution in [3.05, 3.63) is 59.7 Å². The topological polar surface area (TPSA) is 143 Å². The molecule has 0 aliphatic carbocycles. The average Bonchev–Trinajstić information content (AvgIpc) is 3.12. The summed E-state index contributed by atoms with van der Waals surface area (Å²) in [6.45, 7) is 2.04. The summed E-state index contributed by atoms with van der Waals surface area (Å²) in [6.07, 6.45) is 2.23. The van der Waals surface area contributed by atoms with Gasteiger partial charge < -0.3 is 21.1 Å². The van der Waals surface area contributed by atoms with Crippen LogP contribution in [-0.2, 0) is 4.79 Å². The van der Waals surface area contributed by atoms with Gasteiger partial charge >= 0.3 is 6.03 Å². The minimum atomic E-state index is -0.350. The second-order valence-corrected chi connectivity index (χ2v) is 7.63. The molecule has 0 atom stereocenters. The van der Waals surface area contributed by atoms with Crippen LogP contribution in [0.1, 0.15) is 4.88 Å². The van der Waals surface area contributed by atoms with Crippen molar-refractivity contribution in [3.8, 4) is 16.9 Å². The molecule has 5 N–H and O–H groups in total. The highest BCUT2D eigenvalue weighted by Gasteiger charge is 2.15. The molecule has 9 nitrogen and oxygen atoms in total. The van der Waals surface area contributed by atoms with E-state index < -0.39 is 0 Å². The lowest BCUT2D eigenvalue weighted by molar-refractivity contribution is 0.262. The number of nitrogen functional groups attached to an aromatic ring is 1. The third-order valence-electron chi connectivity index (χ3n) is 4.48. The molecule has 10 heteroatoms. The molecule has 0 radical (unpaired) electrons. The van der Waals surface area contributed by atoms with Gasteiger partial charge in [0.2, 0.25) is 6.08 Å². The van der Waals surface area contributed by atoms with E-state index in [4.69, 9.17) is 20.7 Å². The van der Waals surface area contributed by atoms with E-state index in [9.17, 15) is 4.79 Å². The first-order valence-corrected chi connectivity index (χ1v) is 10.1. The summed E-state index contributed by atoms with van der Waals surface area (Å²) in [4.78, 5) is 31.1. The van der Waals surface area contributed by atoms with Crippen molar-refractivity contribution in [2.75, 3.05) is 23.5 Å². The lowest BCUT2D eigenvalue weighted by Crippen LogP contribution is -2.19. The maximum Gasteiger partial charge on any atom is 0.323 e. The number of carbonyl (C=O) groups excluding carboxylic acids is 2. The number of thiophene rings is 1. The van der Waals surface area contributed by atoms with Crippen LogP contribution in [0.4, 0.5) is 22.0 Å². The highest BCUT2D eigenvalue weighted by Crippen LogP contribution is 2.39. The minimum absolute atomic E-state index is 0.350. The van der Waals surface area contributed by atoms with Crippen LogP contribution in [0.2, 0.25) is 0 Å². The van der Waals surface area contributed by atoms with Crippen molar-refractivity contribution in [3.63, 3.8) is 0 Å². The van der Waals surface area contributed by atoms with Crippen LogP contribution >= 0.6 is 11.3 Å². The zero-order valence-corrected chi connectivity index (χ0v) is 18.1. The van der Waals surface area contributed by atoms with Gasteiger partial charge in [0, 0.05) is 16.1 Å². The Kier molecular flexibility index (Phi) is 7.12. The van der Waals surface area contributed by atoms with E-state index in [1.165, 1.54) is 6.33 Å². The Balaban J connectivity index is 0.000000913. The van der Waals surface area contributed by atoms with E-state index in [0.29, 0.717) is 22.9 Å². The average molecular weight is 449 g/mol. The first-order valence-electron chi connectivity index (χ1n) is 9.33. The van der Waals surface area contributed by atoms with Gasteiger partial charge in [0.25, 0.3) is 0 Å². The molecule has 0 spiro atoms. The first kappa shape index (κ1) is 22.4. The zero-order valence-electron chi connectivity index (χ0n) is 17.3. The number of methoxy groups -OCH3 is 1. The number of hydrogen-bond donors (Lipinski definition) is 4. The first-order chi connectivity index (χ1) is 15.5. The third kappa shape index (κ3) is 4.89. The standard InChI is InChI=1S/C21H19N5O2S.CHNO/c1-12-17(18-19(22)23-11-24-20(18)29-12)13-7-9-14(10-8-13)25-21(27)26-15-5-3-4-6-16(15)28-2;2-1-3/h3-11H,1-2H3,(H2,22,23,24)(H2,25,26,27);2H. The molecule has 0 fully saturated rings. The summed E-state index contributed by atoms with van der Waals surface area (Å²) in [6, 6.07) is 14.5. The van der Waals surface area contributed by atoms with Gasteiger partial charge in [0.05, 0.1) is 18.2 Å². The second-order valence-electron chi connectivity index (χ2n) is 6.43. The highest BCUT2D eigenvalue weighted by atomic mass is 32.1. The predicted molar refractivity (Wildman–Crippen MR) is 126 cm³/mol. The van der Waals surface area contributed by atoms with Gasteiger partial charge in [-0.25, -0.2) is 25.0 Å². The molecule has 0 aliphatic heterocycles. The summed E-state index contributed by atoms with van der Waals surface area (Å²) in [7, 11) is 1.56. The lowest BCUT2D eigenvalue weighted by atomic mass is 10.0. The monoisotopic (exact) mass is 448 g/mol. The van der Waals surface area contributed by atoms with E-state index in [1.807, 2.05) is 43.3 Å². The van der Waals surface area contributed by atoms with Crippen LogP contribution in [0.3, 0.4) is 0 Å². The van der Waals surface area contributed by atoms with Gasteiger partial charge in [-0.15, -0.1) is 11.3 Å². The van der Waals surface area contributed by atoms with E-state index >= 15 is 0 Å². The number of nitrogens with zero attached hydrogens (tertiary/aromatic N) is 2. The van der Waals surface area contributed by atoms with Gasteiger partial charge in [0.15, 0.2) is 0 Å². The number of aryl methyl sites for hydroxylation is 1. The number of nitrogens with two attached hydrogens (primary N) is 1. The van der Waals surface area contributed by atoms with Gasteiger partial charge in [-0.1, -0.05) is 24.3 Å². The molecule has 2 aromatic carbocycles. The number of isocyanates is 1. The maximum atomic E-state index is 12.3. The number of anilines is 3. The summed E-state index contributed by atoms with van der Waals surface area (Å²) in [5, 5.41) is 11.9. The van der Waals surface area contributed by atoms with Crippen LogP contribution in [0, 0.1) is 12.3 Å². The largest absolute Gasteiger partial charge is 0.495 e. The molecule has 2 amide bonds. The van der Waals surface area contributed by atoms with Crippen molar-refractivity contribution in [2.24, 2.45) is 0 Å². The highest BCUT2D eigenvalue weighted by molar-refractivity contribution is 7.19. The van der Waals surface area contributed by atoms with Crippen LogP contribution in [0.5, 0.6) is 5.75 Å². The number of urea groups is 1. The number of aromatic nitrogens is 2. The zero-order chi connectivity index (χ0) is 23.1. The molecule has 2 aromatic heterocycles. The fourth-order valence-electron chi connectivity index (χ4n) is 3.17. The number of rotatable bonds is 4. The van der Waals surface area contributed by atoms with Crippen molar-refractivity contribution >= 4 is 50.9 Å². The fraction of sp³-hybridized carbons (Fsp3) is 0.0909. The van der Waals surface area contributed by atoms with Gasteiger partial charge in [-0.3, -0.25) is 0 Å². The molecule has 0 bridgehead atoms. The Bertz CT molecular complexity index is 1280. The molecule has 0 saturated carbocycles. The minimum Gasteiger partial charge on any atom is -0.495 e. The molecule has 0 unspecified atom stereocenters. The predicted octanol–water partition coefficient (Wildman–Crippen LogP) is 4.80. The second kappa shape index (κ2) is 10.2.